The number of aromatic hydroxyl groups is 1. The molecule has 0 aliphatic carbocycles. The van der Waals surface area contributed by atoms with E-state index in [2.05, 4.69) is 26.1 Å². The molecule has 1 aromatic rings. The van der Waals surface area contributed by atoms with Gasteiger partial charge in [-0.2, -0.15) is 0 Å². The molecule has 0 aliphatic rings. The second kappa shape index (κ2) is 6.21. The molecule has 0 radical (unpaired) electrons. The van der Waals surface area contributed by atoms with Crippen LogP contribution in [0.25, 0.3) is 0 Å². The van der Waals surface area contributed by atoms with E-state index in [0.29, 0.717) is 12.4 Å². The van der Waals surface area contributed by atoms with E-state index >= 15 is 0 Å². The van der Waals surface area contributed by atoms with Crippen LogP contribution in [-0.4, -0.2) is 23.9 Å². The molecule has 3 nitrogen and oxygen atoms in total. The molecule has 3 heteroatoms. The van der Waals surface area contributed by atoms with Gasteiger partial charge in [0.1, 0.15) is 5.75 Å². The first kappa shape index (κ1) is 15.0. The maximum atomic E-state index is 9.87. The zero-order chi connectivity index (χ0) is 13.8. The van der Waals surface area contributed by atoms with Gasteiger partial charge in [-0.1, -0.05) is 17.7 Å². The summed E-state index contributed by atoms with van der Waals surface area (Å²) in [6, 6.07) is 5.78. The third kappa shape index (κ3) is 4.31. The zero-order valence-electron chi connectivity index (χ0n) is 12.1. The van der Waals surface area contributed by atoms with Gasteiger partial charge in [0.25, 0.3) is 0 Å². The molecule has 0 spiro atoms. The summed E-state index contributed by atoms with van der Waals surface area (Å²) in [6.45, 7) is 11.7. The van der Waals surface area contributed by atoms with Crippen molar-refractivity contribution in [3.05, 3.63) is 29.3 Å². The lowest BCUT2D eigenvalue weighted by atomic mass is 10.0. The number of rotatable bonds is 6. The molecule has 0 amide bonds. The van der Waals surface area contributed by atoms with Crippen molar-refractivity contribution in [2.45, 2.75) is 46.3 Å². The molecule has 2 N–H and O–H groups in total. The van der Waals surface area contributed by atoms with Gasteiger partial charge in [0.05, 0.1) is 5.60 Å². The Bertz CT molecular complexity index is 388. The minimum atomic E-state index is -0.192. The van der Waals surface area contributed by atoms with Crippen LogP contribution >= 0.6 is 0 Å². The van der Waals surface area contributed by atoms with Gasteiger partial charge in [-0.3, -0.25) is 0 Å². The van der Waals surface area contributed by atoms with Gasteiger partial charge in [-0.15, -0.1) is 0 Å². The summed E-state index contributed by atoms with van der Waals surface area (Å²) >= 11 is 0. The van der Waals surface area contributed by atoms with E-state index in [1.807, 2.05) is 26.0 Å². The largest absolute Gasteiger partial charge is 0.508 e. The van der Waals surface area contributed by atoms with Crippen molar-refractivity contribution in [1.29, 1.82) is 0 Å². The Morgan fingerprint density at radius 2 is 2.06 bits per heavy atom. The molecule has 0 heterocycles. The maximum Gasteiger partial charge on any atom is 0.120 e. The van der Waals surface area contributed by atoms with E-state index in [1.165, 1.54) is 0 Å². The van der Waals surface area contributed by atoms with E-state index in [4.69, 9.17) is 4.74 Å². The predicted molar refractivity (Wildman–Crippen MR) is 75.0 cm³/mol. The van der Waals surface area contributed by atoms with Crippen LogP contribution in [0, 0.1) is 6.92 Å². The molecule has 102 valence electrons. The number of hydrogen-bond donors (Lipinski definition) is 2. The molecule has 1 aromatic carbocycles. The Hall–Kier alpha value is -1.06. The highest BCUT2D eigenvalue weighted by Gasteiger charge is 2.19. The summed E-state index contributed by atoms with van der Waals surface area (Å²) in [4.78, 5) is 0. The van der Waals surface area contributed by atoms with E-state index < -0.39 is 0 Å². The molecule has 0 aromatic heterocycles. The standard InChI is InChI=1S/C15H25NO2/c1-6-18-15(4,5)10-16-12(3)13-9-11(2)7-8-14(13)17/h7-9,12,16-17H,6,10H2,1-5H3. The first-order valence-corrected chi connectivity index (χ1v) is 6.52. The highest BCUT2D eigenvalue weighted by Crippen LogP contribution is 2.25. The van der Waals surface area contributed by atoms with Crippen LogP contribution in [0.1, 0.15) is 44.9 Å². The molecular formula is C15H25NO2. The Morgan fingerprint density at radius 1 is 1.39 bits per heavy atom. The van der Waals surface area contributed by atoms with E-state index in [-0.39, 0.29) is 11.6 Å². The Morgan fingerprint density at radius 3 is 2.67 bits per heavy atom. The van der Waals surface area contributed by atoms with Crippen LogP contribution in [-0.2, 0) is 4.74 Å². The average Bonchev–Trinajstić information content (AvgIpc) is 2.29. The maximum absolute atomic E-state index is 9.87. The summed E-state index contributed by atoms with van der Waals surface area (Å²) in [6.07, 6.45) is 0. The first-order valence-electron chi connectivity index (χ1n) is 6.52. The van der Waals surface area contributed by atoms with Crippen LogP contribution in [0.3, 0.4) is 0 Å². The summed E-state index contributed by atoms with van der Waals surface area (Å²) in [7, 11) is 0. The molecular weight excluding hydrogens is 226 g/mol. The van der Waals surface area contributed by atoms with Crippen LogP contribution in [0.2, 0.25) is 0 Å². The smallest absolute Gasteiger partial charge is 0.120 e. The van der Waals surface area contributed by atoms with E-state index in [0.717, 1.165) is 17.7 Å². The fourth-order valence-electron chi connectivity index (χ4n) is 1.97. The Balaban J connectivity index is 2.65. The zero-order valence-corrected chi connectivity index (χ0v) is 12.1. The number of aryl methyl sites for hydroxylation is 1. The lowest BCUT2D eigenvalue weighted by Crippen LogP contribution is -2.38. The molecule has 1 unspecified atom stereocenters. The molecule has 0 bridgehead atoms. The lowest BCUT2D eigenvalue weighted by molar-refractivity contribution is -0.0103. The van der Waals surface area contributed by atoms with Crippen molar-refractivity contribution in [3.63, 3.8) is 0 Å². The molecule has 0 aliphatic heterocycles. The van der Waals surface area contributed by atoms with Gasteiger partial charge in [0.15, 0.2) is 0 Å². The molecule has 0 saturated heterocycles. The quantitative estimate of drug-likeness (QED) is 0.816. The Kier molecular flexibility index (Phi) is 5.17. The van der Waals surface area contributed by atoms with Crippen LogP contribution in [0.4, 0.5) is 0 Å². The number of ether oxygens (including phenoxy) is 1. The average molecular weight is 251 g/mol. The first-order chi connectivity index (χ1) is 8.35. The third-order valence-electron chi connectivity index (χ3n) is 3.02. The van der Waals surface area contributed by atoms with Crippen LogP contribution < -0.4 is 5.32 Å². The van der Waals surface area contributed by atoms with Crippen molar-refractivity contribution in [1.82, 2.24) is 5.32 Å². The number of hydrogen-bond acceptors (Lipinski definition) is 3. The fourth-order valence-corrected chi connectivity index (χ4v) is 1.97. The number of phenols is 1. The molecule has 18 heavy (non-hydrogen) atoms. The fraction of sp³-hybridized carbons (Fsp3) is 0.600. The van der Waals surface area contributed by atoms with E-state index in [1.54, 1.807) is 6.07 Å². The van der Waals surface area contributed by atoms with Gasteiger partial charge >= 0.3 is 0 Å². The number of nitrogens with one attached hydrogen (secondary N) is 1. The van der Waals surface area contributed by atoms with Crippen molar-refractivity contribution in [2.75, 3.05) is 13.2 Å². The normalized spacial score (nSPS) is 13.6. The number of benzene rings is 1. The van der Waals surface area contributed by atoms with Gasteiger partial charge < -0.3 is 15.2 Å². The summed E-state index contributed by atoms with van der Waals surface area (Å²) < 4.78 is 5.64. The summed E-state index contributed by atoms with van der Waals surface area (Å²) in [5.74, 6) is 0.342. The SMILES string of the molecule is CCOC(C)(C)CNC(C)c1cc(C)ccc1O. The number of phenolic OH excluding ortho intramolecular Hbond substituents is 1. The molecule has 0 saturated carbocycles. The van der Waals surface area contributed by atoms with Gasteiger partial charge in [-0.25, -0.2) is 0 Å². The minimum absolute atomic E-state index is 0.102. The second-order valence-electron chi connectivity index (χ2n) is 5.36. The van der Waals surface area contributed by atoms with Crippen LogP contribution in [0.15, 0.2) is 18.2 Å². The van der Waals surface area contributed by atoms with Crippen molar-refractivity contribution in [2.24, 2.45) is 0 Å². The highest BCUT2D eigenvalue weighted by molar-refractivity contribution is 5.37. The molecule has 1 rings (SSSR count). The van der Waals surface area contributed by atoms with Crippen LogP contribution in [0.5, 0.6) is 5.75 Å². The van der Waals surface area contributed by atoms with Crippen molar-refractivity contribution in [3.8, 4) is 5.75 Å². The lowest BCUT2D eigenvalue weighted by Gasteiger charge is -2.27. The predicted octanol–water partition coefficient (Wildman–Crippen LogP) is 3.17. The molecule has 0 fully saturated rings. The van der Waals surface area contributed by atoms with Gasteiger partial charge in [0, 0.05) is 24.8 Å². The van der Waals surface area contributed by atoms with Gasteiger partial charge in [-0.05, 0) is 40.7 Å². The van der Waals surface area contributed by atoms with Crippen molar-refractivity contribution >= 4 is 0 Å². The van der Waals surface area contributed by atoms with E-state index in [9.17, 15) is 5.11 Å². The summed E-state index contributed by atoms with van der Waals surface area (Å²) in [5.41, 5.74) is 1.89. The Labute approximate surface area is 110 Å². The third-order valence-corrected chi connectivity index (χ3v) is 3.02. The molecule has 1 atom stereocenters. The monoisotopic (exact) mass is 251 g/mol. The van der Waals surface area contributed by atoms with Gasteiger partial charge in [0.2, 0.25) is 0 Å². The van der Waals surface area contributed by atoms with Crippen molar-refractivity contribution < 1.29 is 9.84 Å². The minimum Gasteiger partial charge on any atom is -0.508 e. The second-order valence-corrected chi connectivity index (χ2v) is 5.36. The summed E-state index contributed by atoms with van der Waals surface area (Å²) in [5, 5.41) is 13.3. The highest BCUT2D eigenvalue weighted by atomic mass is 16.5. The topological polar surface area (TPSA) is 41.5 Å².